The second kappa shape index (κ2) is 7.44. The number of hydrogen-bond donors (Lipinski definition) is 2. The molecule has 0 spiro atoms. The van der Waals surface area contributed by atoms with Gasteiger partial charge < -0.3 is 19.9 Å². The van der Waals surface area contributed by atoms with E-state index in [1.807, 2.05) is 0 Å². The van der Waals surface area contributed by atoms with Crippen molar-refractivity contribution in [1.82, 2.24) is 5.32 Å². The molecule has 0 radical (unpaired) electrons. The van der Waals surface area contributed by atoms with Gasteiger partial charge in [-0.25, -0.2) is 9.59 Å². The molecule has 1 aromatic carbocycles. The van der Waals surface area contributed by atoms with Gasteiger partial charge in [0.2, 0.25) is 0 Å². The Morgan fingerprint density at radius 2 is 1.73 bits per heavy atom. The fraction of sp³-hybridized carbons (Fsp3) is 0.400. The van der Waals surface area contributed by atoms with Crippen LogP contribution in [0, 0.1) is 0 Å². The molecule has 0 saturated heterocycles. The van der Waals surface area contributed by atoms with E-state index in [4.69, 9.17) is 14.6 Å². The third-order valence-electron chi connectivity index (χ3n) is 2.33. The normalized spacial score (nSPS) is 10.7. The predicted molar refractivity (Wildman–Crippen MR) is 78.1 cm³/mol. The molecule has 0 fully saturated rings. The van der Waals surface area contributed by atoms with Crippen molar-refractivity contribution >= 4 is 17.8 Å². The van der Waals surface area contributed by atoms with Gasteiger partial charge in [0.25, 0.3) is 0 Å². The highest BCUT2D eigenvalue weighted by Crippen LogP contribution is 2.12. The summed E-state index contributed by atoms with van der Waals surface area (Å²) in [5, 5.41) is 10.9. The molecule has 0 aromatic heterocycles. The Morgan fingerprint density at radius 1 is 1.14 bits per heavy atom. The molecule has 22 heavy (non-hydrogen) atoms. The maximum absolute atomic E-state index is 11.9. The molecule has 0 atom stereocenters. The van der Waals surface area contributed by atoms with Gasteiger partial charge in [-0.1, -0.05) is 0 Å². The number of hydrogen-bond acceptors (Lipinski definition) is 5. The van der Waals surface area contributed by atoms with Crippen molar-refractivity contribution in [2.24, 2.45) is 0 Å². The largest absolute Gasteiger partial charge is 0.482 e. The lowest BCUT2D eigenvalue weighted by Crippen LogP contribution is -2.35. The molecule has 0 aliphatic heterocycles. The number of carbonyl (C=O) groups excluding carboxylic acids is 2. The lowest BCUT2D eigenvalue weighted by molar-refractivity contribution is -0.139. The number of amides is 1. The number of ketones is 1. The van der Waals surface area contributed by atoms with E-state index in [9.17, 15) is 14.4 Å². The first-order valence-electron chi connectivity index (χ1n) is 6.62. The van der Waals surface area contributed by atoms with Crippen LogP contribution in [0.2, 0.25) is 0 Å². The molecule has 0 saturated carbocycles. The van der Waals surface area contributed by atoms with Gasteiger partial charge in [0.05, 0.1) is 6.54 Å². The number of rotatable bonds is 6. The lowest BCUT2D eigenvalue weighted by atomic mass is 10.1. The molecule has 0 bridgehead atoms. The van der Waals surface area contributed by atoms with E-state index in [2.05, 4.69) is 5.32 Å². The topological polar surface area (TPSA) is 102 Å². The zero-order valence-electron chi connectivity index (χ0n) is 12.7. The molecular weight excluding hydrogens is 290 g/mol. The molecule has 0 aliphatic rings. The van der Waals surface area contributed by atoms with Gasteiger partial charge in [0.1, 0.15) is 11.4 Å². The highest BCUT2D eigenvalue weighted by molar-refractivity contribution is 5.99. The molecule has 0 aliphatic carbocycles. The van der Waals surface area contributed by atoms with Crippen LogP contribution in [0.3, 0.4) is 0 Å². The van der Waals surface area contributed by atoms with Crippen LogP contribution in [0.4, 0.5) is 4.79 Å². The molecule has 7 heteroatoms. The van der Waals surface area contributed by atoms with E-state index >= 15 is 0 Å². The van der Waals surface area contributed by atoms with Crippen molar-refractivity contribution in [3.63, 3.8) is 0 Å². The molecule has 7 nitrogen and oxygen atoms in total. The number of carboxylic acids is 1. The van der Waals surface area contributed by atoms with E-state index in [0.717, 1.165) is 0 Å². The van der Waals surface area contributed by atoms with Crippen LogP contribution in [0.5, 0.6) is 5.75 Å². The first kappa shape index (κ1) is 17.5. The summed E-state index contributed by atoms with van der Waals surface area (Å²) in [5.41, 5.74) is -0.255. The van der Waals surface area contributed by atoms with Crippen LogP contribution in [0.1, 0.15) is 31.1 Å². The van der Waals surface area contributed by atoms with Crippen molar-refractivity contribution in [3.8, 4) is 5.75 Å². The average molecular weight is 309 g/mol. The lowest BCUT2D eigenvalue weighted by Gasteiger charge is -2.19. The summed E-state index contributed by atoms with van der Waals surface area (Å²) in [5.74, 6) is -1.03. The van der Waals surface area contributed by atoms with Gasteiger partial charge in [-0.05, 0) is 45.0 Å². The molecule has 1 rings (SSSR count). The van der Waals surface area contributed by atoms with Gasteiger partial charge in [0, 0.05) is 5.56 Å². The minimum absolute atomic E-state index is 0.190. The number of aliphatic carboxylic acids is 1. The quantitative estimate of drug-likeness (QED) is 0.778. The molecular formula is C15H19NO6. The van der Waals surface area contributed by atoms with Gasteiger partial charge in [-0.3, -0.25) is 4.79 Å². The summed E-state index contributed by atoms with van der Waals surface area (Å²) < 4.78 is 9.97. The summed E-state index contributed by atoms with van der Waals surface area (Å²) in [6.45, 7) is 4.54. The second-order valence-electron chi connectivity index (χ2n) is 5.49. The fourth-order valence-corrected chi connectivity index (χ4v) is 1.45. The van der Waals surface area contributed by atoms with Crippen molar-refractivity contribution in [2.45, 2.75) is 26.4 Å². The predicted octanol–water partition coefficient (Wildman–Crippen LogP) is 1.86. The van der Waals surface area contributed by atoms with Crippen molar-refractivity contribution in [2.75, 3.05) is 13.2 Å². The van der Waals surface area contributed by atoms with Crippen LogP contribution in [0.15, 0.2) is 24.3 Å². The van der Waals surface area contributed by atoms with Crippen LogP contribution < -0.4 is 10.1 Å². The first-order chi connectivity index (χ1) is 10.2. The van der Waals surface area contributed by atoms with Crippen LogP contribution in [0.25, 0.3) is 0 Å². The van der Waals surface area contributed by atoms with Crippen molar-refractivity contribution in [3.05, 3.63) is 29.8 Å². The Balaban J connectivity index is 2.49. The minimum atomic E-state index is -1.08. The van der Waals surface area contributed by atoms with Gasteiger partial charge in [-0.2, -0.15) is 0 Å². The zero-order chi connectivity index (χ0) is 16.8. The molecule has 2 N–H and O–H groups in total. The number of Topliss-reactive ketones (excluding diaryl/α,β-unsaturated/α-hetero) is 1. The molecule has 1 amide bonds. The number of nitrogens with one attached hydrogen (secondary N) is 1. The number of carboxylic acid groups (broad SMARTS) is 1. The van der Waals surface area contributed by atoms with E-state index in [-0.39, 0.29) is 12.3 Å². The maximum Gasteiger partial charge on any atom is 0.408 e. The number of carbonyl (C=O) groups is 3. The van der Waals surface area contributed by atoms with Gasteiger partial charge >= 0.3 is 12.1 Å². The Hall–Kier alpha value is -2.57. The Kier molecular flexibility index (Phi) is 5.91. The number of benzene rings is 1. The van der Waals surface area contributed by atoms with Crippen LogP contribution >= 0.6 is 0 Å². The smallest absolute Gasteiger partial charge is 0.408 e. The highest BCUT2D eigenvalue weighted by atomic mass is 16.6. The maximum atomic E-state index is 11.9. The van der Waals surface area contributed by atoms with Crippen LogP contribution in [-0.4, -0.2) is 41.7 Å². The summed E-state index contributed by atoms with van der Waals surface area (Å²) in [6.07, 6.45) is -0.665. The summed E-state index contributed by atoms with van der Waals surface area (Å²) in [4.78, 5) is 33.7. The second-order valence-corrected chi connectivity index (χ2v) is 5.49. The standard InChI is InChI=1S/C15H19NO6/c1-15(2,3)22-14(20)16-8-12(17)10-4-6-11(7-5-10)21-9-13(18)19/h4-7H,8-9H2,1-3H3,(H,16,20)(H,18,19). The third-order valence-corrected chi connectivity index (χ3v) is 2.33. The summed E-state index contributed by atoms with van der Waals surface area (Å²) in [7, 11) is 0. The monoisotopic (exact) mass is 309 g/mol. The third kappa shape index (κ3) is 6.74. The fourth-order valence-electron chi connectivity index (χ4n) is 1.45. The molecule has 1 aromatic rings. The van der Waals surface area contributed by atoms with Crippen molar-refractivity contribution < 1.29 is 29.0 Å². The van der Waals surface area contributed by atoms with E-state index in [1.165, 1.54) is 24.3 Å². The molecule has 0 unspecified atom stereocenters. The average Bonchev–Trinajstić information content (AvgIpc) is 2.41. The SMILES string of the molecule is CC(C)(C)OC(=O)NCC(=O)c1ccc(OCC(=O)O)cc1. The van der Waals surface area contributed by atoms with Gasteiger partial charge in [-0.15, -0.1) is 0 Å². The molecule has 0 heterocycles. The Labute approximate surface area is 128 Å². The summed E-state index contributed by atoms with van der Waals surface area (Å²) in [6, 6.07) is 5.97. The van der Waals surface area contributed by atoms with Gasteiger partial charge in [0.15, 0.2) is 12.4 Å². The Bertz CT molecular complexity index is 544. The van der Waals surface area contributed by atoms with E-state index in [0.29, 0.717) is 11.3 Å². The Morgan fingerprint density at radius 3 is 2.23 bits per heavy atom. The highest BCUT2D eigenvalue weighted by Gasteiger charge is 2.17. The van der Waals surface area contributed by atoms with Crippen molar-refractivity contribution in [1.29, 1.82) is 0 Å². The zero-order valence-corrected chi connectivity index (χ0v) is 12.7. The van der Waals surface area contributed by atoms with Crippen LogP contribution in [-0.2, 0) is 9.53 Å². The number of alkyl carbamates (subject to hydrolysis) is 1. The minimum Gasteiger partial charge on any atom is -0.482 e. The molecule has 120 valence electrons. The first-order valence-corrected chi connectivity index (χ1v) is 6.62. The van der Waals surface area contributed by atoms with E-state index < -0.39 is 24.3 Å². The summed E-state index contributed by atoms with van der Waals surface area (Å²) >= 11 is 0. The number of ether oxygens (including phenoxy) is 2. The van der Waals surface area contributed by atoms with E-state index in [1.54, 1.807) is 20.8 Å².